The van der Waals surface area contributed by atoms with E-state index in [1.807, 2.05) is 6.07 Å². The lowest BCUT2D eigenvalue weighted by atomic mass is 9.89. The third-order valence-corrected chi connectivity index (χ3v) is 5.18. The third kappa shape index (κ3) is 4.32. The lowest BCUT2D eigenvalue weighted by molar-refractivity contribution is -0.250. The molecule has 8 heteroatoms. The van der Waals surface area contributed by atoms with Crippen molar-refractivity contribution in [2.24, 2.45) is 0 Å². The van der Waals surface area contributed by atoms with E-state index in [9.17, 15) is 30.3 Å². The fraction of sp³-hybridized carbons (Fsp3) is 0.381. The van der Waals surface area contributed by atoms with Gasteiger partial charge in [-0.2, -0.15) is 0 Å². The highest BCUT2D eigenvalue weighted by atomic mass is 16.6. The molecule has 1 saturated heterocycles. The smallest absolute Gasteiger partial charge is 0.251 e. The molecule has 2 aromatic carbocycles. The van der Waals surface area contributed by atoms with Gasteiger partial charge in [-0.1, -0.05) is 36.4 Å². The Kier molecular flexibility index (Phi) is 6.63. The quantitative estimate of drug-likeness (QED) is 0.399. The van der Waals surface area contributed by atoms with Crippen LogP contribution in [0.5, 0.6) is 0 Å². The van der Waals surface area contributed by atoms with Crippen molar-refractivity contribution in [2.45, 2.75) is 36.6 Å². The van der Waals surface area contributed by atoms with E-state index in [-0.39, 0.29) is 5.91 Å². The minimum absolute atomic E-state index is 0.193. The highest BCUT2D eigenvalue weighted by Gasteiger charge is 2.46. The largest absolute Gasteiger partial charge is 0.394 e. The number of nitrogens with one attached hydrogen (secondary N) is 1. The number of rotatable bonds is 5. The molecule has 1 aliphatic rings. The van der Waals surface area contributed by atoms with E-state index in [4.69, 9.17) is 4.74 Å². The predicted molar refractivity (Wildman–Crippen MR) is 104 cm³/mol. The molecule has 6 N–H and O–H groups in total. The van der Waals surface area contributed by atoms with Crippen LogP contribution in [0.25, 0.3) is 11.1 Å². The summed E-state index contributed by atoms with van der Waals surface area (Å²) in [6.07, 6.45) is -8.13. The second kappa shape index (κ2) is 9.00. The Labute approximate surface area is 168 Å². The number of hydrogen-bond acceptors (Lipinski definition) is 7. The summed E-state index contributed by atoms with van der Waals surface area (Å²) in [4.78, 5) is 11.8. The molecule has 0 aliphatic carbocycles. The van der Waals surface area contributed by atoms with Crippen molar-refractivity contribution >= 4 is 5.91 Å². The zero-order chi connectivity index (χ0) is 21.1. The van der Waals surface area contributed by atoms with Gasteiger partial charge in [-0.25, -0.2) is 0 Å². The Morgan fingerprint density at radius 2 is 1.72 bits per heavy atom. The summed E-state index contributed by atoms with van der Waals surface area (Å²) in [6, 6.07) is 13.9. The molecule has 1 aliphatic heterocycles. The Balaban J connectivity index is 1.80. The van der Waals surface area contributed by atoms with Crippen LogP contribution in [0.4, 0.5) is 0 Å². The molecule has 0 bridgehead atoms. The first-order valence-corrected chi connectivity index (χ1v) is 9.28. The van der Waals surface area contributed by atoms with Crippen LogP contribution >= 0.6 is 0 Å². The SMILES string of the molecule is CNC(=O)c1cccc(-c2ccc([C@@H](O)C3OC(CO)C(O)C(O)C3O)cc2)c1. The van der Waals surface area contributed by atoms with Gasteiger partial charge in [0.25, 0.3) is 5.91 Å². The van der Waals surface area contributed by atoms with Crippen molar-refractivity contribution < 1.29 is 35.1 Å². The first kappa shape index (κ1) is 21.4. The Morgan fingerprint density at radius 1 is 1.03 bits per heavy atom. The first-order chi connectivity index (χ1) is 13.9. The predicted octanol–water partition coefficient (Wildman–Crippen LogP) is -0.411. The molecule has 8 nitrogen and oxygen atoms in total. The van der Waals surface area contributed by atoms with E-state index in [1.165, 1.54) is 0 Å². The summed E-state index contributed by atoms with van der Waals surface area (Å²) in [5.74, 6) is -0.193. The minimum atomic E-state index is -1.55. The number of aliphatic hydroxyl groups is 5. The van der Waals surface area contributed by atoms with Crippen molar-refractivity contribution in [3.63, 3.8) is 0 Å². The average Bonchev–Trinajstić information content (AvgIpc) is 2.77. The minimum Gasteiger partial charge on any atom is -0.394 e. The molecule has 1 amide bonds. The van der Waals surface area contributed by atoms with Gasteiger partial charge in [0.15, 0.2) is 0 Å². The average molecular weight is 403 g/mol. The number of aliphatic hydroxyl groups excluding tert-OH is 5. The molecule has 0 spiro atoms. The fourth-order valence-electron chi connectivity index (χ4n) is 3.44. The number of ether oxygens (including phenoxy) is 1. The number of amides is 1. The molecule has 1 fully saturated rings. The first-order valence-electron chi connectivity index (χ1n) is 9.28. The zero-order valence-electron chi connectivity index (χ0n) is 15.8. The maximum atomic E-state index is 11.8. The number of benzene rings is 2. The van der Waals surface area contributed by atoms with Crippen LogP contribution in [0.15, 0.2) is 48.5 Å². The molecule has 2 aromatic rings. The maximum absolute atomic E-state index is 11.8. The number of carbonyl (C=O) groups is 1. The molecule has 3 rings (SSSR count). The van der Waals surface area contributed by atoms with Gasteiger partial charge in [-0.15, -0.1) is 0 Å². The monoisotopic (exact) mass is 403 g/mol. The summed E-state index contributed by atoms with van der Waals surface area (Å²) in [5, 5.41) is 52.4. The van der Waals surface area contributed by atoms with E-state index < -0.39 is 43.2 Å². The molecular weight excluding hydrogens is 378 g/mol. The van der Waals surface area contributed by atoms with E-state index >= 15 is 0 Å². The maximum Gasteiger partial charge on any atom is 0.251 e. The number of carbonyl (C=O) groups excluding carboxylic acids is 1. The third-order valence-electron chi connectivity index (χ3n) is 5.18. The van der Waals surface area contributed by atoms with E-state index in [2.05, 4.69) is 5.32 Å². The summed E-state index contributed by atoms with van der Waals surface area (Å²) in [6.45, 7) is -0.561. The van der Waals surface area contributed by atoms with Crippen LogP contribution in [-0.2, 0) is 4.74 Å². The Morgan fingerprint density at radius 3 is 2.34 bits per heavy atom. The van der Waals surface area contributed by atoms with Crippen LogP contribution in [0.1, 0.15) is 22.0 Å². The van der Waals surface area contributed by atoms with Crippen LogP contribution in [-0.4, -0.2) is 75.6 Å². The molecule has 0 aromatic heterocycles. The standard InChI is InChI=1S/C21H25NO7/c1-22-21(28)14-4-2-3-13(9-14)11-5-7-12(8-6-11)16(24)20-19(27)18(26)17(25)15(10-23)29-20/h2-9,15-20,23-27H,10H2,1H3,(H,22,28)/t15?,16-,17?,18?,19?,20?/m1/s1. The lowest BCUT2D eigenvalue weighted by Gasteiger charge is -2.41. The summed E-state index contributed by atoms with van der Waals surface area (Å²) in [5.41, 5.74) is 2.59. The van der Waals surface area contributed by atoms with Crippen molar-refractivity contribution in [3.8, 4) is 11.1 Å². The van der Waals surface area contributed by atoms with Gasteiger partial charge in [0.1, 0.15) is 36.6 Å². The Hall–Kier alpha value is -2.33. The van der Waals surface area contributed by atoms with Gasteiger partial charge in [-0.3, -0.25) is 4.79 Å². The van der Waals surface area contributed by atoms with E-state index in [0.29, 0.717) is 11.1 Å². The molecule has 5 unspecified atom stereocenters. The summed E-state index contributed by atoms with van der Waals surface area (Å²) >= 11 is 0. The van der Waals surface area contributed by atoms with Crippen molar-refractivity contribution in [1.29, 1.82) is 0 Å². The van der Waals surface area contributed by atoms with Crippen molar-refractivity contribution in [3.05, 3.63) is 59.7 Å². The zero-order valence-corrected chi connectivity index (χ0v) is 15.8. The Bertz CT molecular complexity index is 839. The highest BCUT2D eigenvalue weighted by molar-refractivity contribution is 5.95. The molecule has 1 heterocycles. The second-order valence-electron chi connectivity index (χ2n) is 7.02. The lowest BCUT2D eigenvalue weighted by Crippen LogP contribution is -2.59. The molecule has 156 valence electrons. The number of hydrogen-bond donors (Lipinski definition) is 6. The molecular formula is C21H25NO7. The fourth-order valence-corrected chi connectivity index (χ4v) is 3.44. The van der Waals surface area contributed by atoms with Gasteiger partial charge in [0.05, 0.1) is 6.61 Å². The van der Waals surface area contributed by atoms with Crippen LogP contribution in [0.3, 0.4) is 0 Å². The van der Waals surface area contributed by atoms with Gasteiger partial charge in [0, 0.05) is 12.6 Å². The van der Waals surface area contributed by atoms with Gasteiger partial charge in [0.2, 0.25) is 0 Å². The van der Waals surface area contributed by atoms with Gasteiger partial charge in [-0.05, 0) is 28.8 Å². The van der Waals surface area contributed by atoms with Crippen molar-refractivity contribution in [2.75, 3.05) is 13.7 Å². The van der Waals surface area contributed by atoms with Crippen LogP contribution in [0, 0.1) is 0 Å². The van der Waals surface area contributed by atoms with Crippen LogP contribution < -0.4 is 5.32 Å². The van der Waals surface area contributed by atoms with Crippen LogP contribution in [0.2, 0.25) is 0 Å². The van der Waals surface area contributed by atoms with Gasteiger partial charge < -0.3 is 35.6 Å². The molecule has 29 heavy (non-hydrogen) atoms. The topological polar surface area (TPSA) is 139 Å². The second-order valence-corrected chi connectivity index (χ2v) is 7.02. The molecule has 0 saturated carbocycles. The summed E-state index contributed by atoms with van der Waals surface area (Å²) < 4.78 is 5.41. The molecule has 0 radical (unpaired) electrons. The van der Waals surface area contributed by atoms with Gasteiger partial charge >= 0.3 is 0 Å². The normalized spacial score (nSPS) is 28.0. The molecule has 6 atom stereocenters. The van der Waals surface area contributed by atoms with E-state index in [1.54, 1.807) is 49.5 Å². The van der Waals surface area contributed by atoms with Crippen molar-refractivity contribution in [1.82, 2.24) is 5.32 Å². The summed E-state index contributed by atoms with van der Waals surface area (Å²) in [7, 11) is 1.56. The highest BCUT2D eigenvalue weighted by Crippen LogP contribution is 2.31. The van der Waals surface area contributed by atoms with E-state index in [0.717, 1.165) is 11.1 Å².